The van der Waals surface area contributed by atoms with Crippen LogP contribution < -0.4 is 0 Å². The standard InChI is InChI=1S/C7H5NS.Zn/c1-2-4-7-6(3-1)8-5-9-7;/h1-5H;/q;+2. The zero-order valence-electron chi connectivity index (χ0n) is 5.45. The maximum absolute atomic E-state index is 4.14. The van der Waals surface area contributed by atoms with Gasteiger partial charge in [0.1, 0.15) is 0 Å². The van der Waals surface area contributed by atoms with Gasteiger partial charge in [-0.1, -0.05) is 12.1 Å². The number of fused-ring (bicyclic) bond motifs is 1. The van der Waals surface area contributed by atoms with Gasteiger partial charge in [-0.25, -0.2) is 4.98 Å². The van der Waals surface area contributed by atoms with E-state index < -0.39 is 0 Å². The molecule has 3 heteroatoms. The number of aromatic nitrogens is 1. The van der Waals surface area contributed by atoms with E-state index >= 15 is 0 Å². The zero-order chi connectivity index (χ0) is 6.10. The molecule has 0 aliphatic carbocycles. The van der Waals surface area contributed by atoms with Crippen molar-refractivity contribution in [3.63, 3.8) is 0 Å². The van der Waals surface area contributed by atoms with Crippen LogP contribution in [0.25, 0.3) is 10.2 Å². The molecule has 0 atom stereocenters. The van der Waals surface area contributed by atoms with Crippen LogP contribution in [0.4, 0.5) is 0 Å². The molecule has 0 amide bonds. The largest absolute Gasteiger partial charge is 2.00 e. The van der Waals surface area contributed by atoms with Crippen molar-refractivity contribution in [2.45, 2.75) is 0 Å². The molecular weight excluding hydrogens is 196 g/mol. The van der Waals surface area contributed by atoms with Gasteiger partial charge in [0, 0.05) is 0 Å². The van der Waals surface area contributed by atoms with E-state index in [4.69, 9.17) is 0 Å². The minimum absolute atomic E-state index is 0. The Morgan fingerprint density at radius 3 is 2.80 bits per heavy atom. The summed E-state index contributed by atoms with van der Waals surface area (Å²) in [6, 6.07) is 8.13. The summed E-state index contributed by atoms with van der Waals surface area (Å²) in [5.41, 5.74) is 2.97. The zero-order valence-corrected chi connectivity index (χ0v) is 9.23. The van der Waals surface area contributed by atoms with Crippen LogP contribution in [0.5, 0.6) is 0 Å². The van der Waals surface area contributed by atoms with Crippen LogP contribution in [0.15, 0.2) is 29.8 Å². The topological polar surface area (TPSA) is 12.9 Å². The van der Waals surface area contributed by atoms with Crippen LogP contribution in [0.3, 0.4) is 0 Å². The molecule has 0 fully saturated rings. The number of nitrogens with zero attached hydrogens (tertiary/aromatic N) is 1. The van der Waals surface area contributed by atoms with E-state index in [0.717, 1.165) is 5.52 Å². The number of thiazole rings is 1. The Morgan fingerprint density at radius 2 is 2.00 bits per heavy atom. The smallest absolute Gasteiger partial charge is 0.245 e. The first-order valence-electron chi connectivity index (χ1n) is 2.75. The van der Waals surface area contributed by atoms with Crippen molar-refractivity contribution >= 4 is 21.6 Å². The Kier molecular flexibility index (Phi) is 2.52. The predicted octanol–water partition coefficient (Wildman–Crippen LogP) is 2.29. The number of rotatable bonds is 0. The average molecular weight is 201 g/mol. The maximum atomic E-state index is 4.14. The Hall–Kier alpha value is -0.267. The normalized spacial score (nSPS) is 9.20. The van der Waals surface area contributed by atoms with E-state index in [1.165, 1.54) is 4.70 Å². The second-order valence-corrected chi connectivity index (χ2v) is 2.71. The van der Waals surface area contributed by atoms with Crippen molar-refractivity contribution in [3.8, 4) is 0 Å². The van der Waals surface area contributed by atoms with Crippen molar-refractivity contribution in [3.05, 3.63) is 29.8 Å². The fraction of sp³-hybridized carbons (Fsp3) is 0. The summed E-state index contributed by atoms with van der Waals surface area (Å²) in [7, 11) is 0. The molecule has 2 rings (SSSR count). The first-order chi connectivity index (χ1) is 4.47. The van der Waals surface area contributed by atoms with Crippen molar-refractivity contribution in [2.24, 2.45) is 0 Å². The Labute approximate surface area is 75.9 Å². The van der Waals surface area contributed by atoms with Gasteiger partial charge < -0.3 is 0 Å². The van der Waals surface area contributed by atoms with Crippen LogP contribution in [0.1, 0.15) is 0 Å². The molecule has 1 nitrogen and oxygen atoms in total. The number of para-hydroxylation sites is 1. The molecule has 0 N–H and O–H groups in total. The Bertz CT molecular complexity index is 288. The van der Waals surface area contributed by atoms with Gasteiger partial charge in [0.15, 0.2) is 0 Å². The minimum atomic E-state index is 0. The molecule has 1 heterocycles. The summed E-state index contributed by atoms with van der Waals surface area (Å²) in [5, 5.41) is 0. The van der Waals surface area contributed by atoms with Crippen LogP contribution in [-0.4, -0.2) is 4.98 Å². The van der Waals surface area contributed by atoms with Crippen molar-refractivity contribution < 1.29 is 19.5 Å². The molecule has 0 saturated carbocycles. The Morgan fingerprint density at radius 1 is 1.20 bits per heavy atom. The summed E-state index contributed by atoms with van der Waals surface area (Å²) < 4.78 is 1.26. The van der Waals surface area contributed by atoms with Crippen molar-refractivity contribution in [1.82, 2.24) is 4.98 Å². The summed E-state index contributed by atoms with van der Waals surface area (Å²) in [5.74, 6) is 0. The van der Waals surface area contributed by atoms with E-state index in [1.54, 1.807) is 11.3 Å². The van der Waals surface area contributed by atoms with Crippen molar-refractivity contribution in [1.29, 1.82) is 0 Å². The summed E-state index contributed by atoms with van der Waals surface area (Å²) in [6.45, 7) is 0. The third-order valence-corrected chi connectivity index (χ3v) is 2.05. The molecule has 1 aromatic carbocycles. The van der Waals surface area contributed by atoms with E-state index in [9.17, 15) is 0 Å². The second kappa shape index (κ2) is 3.22. The fourth-order valence-corrected chi connectivity index (χ4v) is 1.48. The molecule has 0 aliphatic heterocycles. The third-order valence-electron chi connectivity index (χ3n) is 1.24. The molecule has 2 aromatic rings. The monoisotopic (exact) mass is 199 g/mol. The molecule has 0 spiro atoms. The van der Waals surface area contributed by atoms with E-state index in [0.29, 0.717) is 0 Å². The molecule has 1 aromatic heterocycles. The second-order valence-electron chi connectivity index (χ2n) is 1.82. The predicted molar refractivity (Wildman–Crippen MR) is 39.6 cm³/mol. The van der Waals surface area contributed by atoms with Gasteiger partial charge >= 0.3 is 19.5 Å². The van der Waals surface area contributed by atoms with Gasteiger partial charge in [-0.15, -0.1) is 11.3 Å². The average Bonchev–Trinajstić information content (AvgIpc) is 2.33. The first-order valence-corrected chi connectivity index (χ1v) is 3.63. The third kappa shape index (κ3) is 1.25. The summed E-state index contributed by atoms with van der Waals surface area (Å²) in [6.07, 6.45) is 0. The molecule has 0 aliphatic rings. The number of hydrogen-bond acceptors (Lipinski definition) is 2. The SMILES string of the molecule is [Zn+2].c1ccc2scnc2c1. The fourth-order valence-electron chi connectivity index (χ4n) is 0.803. The molecule has 0 bridgehead atoms. The van der Waals surface area contributed by atoms with Gasteiger partial charge in [-0.2, -0.15) is 0 Å². The van der Waals surface area contributed by atoms with Gasteiger partial charge in [0.25, 0.3) is 0 Å². The summed E-state index contributed by atoms with van der Waals surface area (Å²) in [4.78, 5) is 4.14. The van der Waals surface area contributed by atoms with E-state index in [-0.39, 0.29) is 19.5 Å². The molecular formula is C7H5NSZn+2. The van der Waals surface area contributed by atoms with Gasteiger partial charge in [0.2, 0.25) is 0 Å². The van der Waals surface area contributed by atoms with Gasteiger partial charge in [-0.3, -0.25) is 0 Å². The van der Waals surface area contributed by atoms with Gasteiger partial charge in [-0.05, 0) is 12.1 Å². The number of benzene rings is 1. The first kappa shape index (κ1) is 7.84. The molecule has 44 valence electrons. The molecule has 0 saturated heterocycles. The Balaban J connectivity index is 0.000000500. The molecule has 0 unspecified atom stereocenters. The van der Waals surface area contributed by atoms with E-state index in [2.05, 4.69) is 11.1 Å². The van der Waals surface area contributed by atoms with E-state index in [1.807, 2.05) is 23.7 Å². The minimum Gasteiger partial charge on any atom is -0.245 e. The van der Waals surface area contributed by atoms with Crippen LogP contribution in [0.2, 0.25) is 0 Å². The van der Waals surface area contributed by atoms with Crippen molar-refractivity contribution in [2.75, 3.05) is 0 Å². The summed E-state index contributed by atoms with van der Waals surface area (Å²) >= 11 is 1.68. The molecule has 10 heavy (non-hydrogen) atoms. The van der Waals surface area contributed by atoms with Gasteiger partial charge in [0.05, 0.1) is 15.7 Å². The van der Waals surface area contributed by atoms with Crippen LogP contribution in [-0.2, 0) is 19.5 Å². The maximum Gasteiger partial charge on any atom is 2.00 e. The number of hydrogen-bond donors (Lipinski definition) is 0. The van der Waals surface area contributed by atoms with Crippen LogP contribution in [0, 0.1) is 0 Å². The molecule has 0 radical (unpaired) electrons. The van der Waals surface area contributed by atoms with Crippen LogP contribution >= 0.6 is 11.3 Å². The quantitative estimate of drug-likeness (QED) is 0.595.